The minimum atomic E-state index is -0.474. The number of thioether (sulfide) groups is 1. The van der Waals surface area contributed by atoms with Gasteiger partial charge in [-0.15, -0.1) is 6.58 Å². The quantitative estimate of drug-likeness (QED) is 0.386. The van der Waals surface area contributed by atoms with Gasteiger partial charge in [-0.05, 0) is 18.3 Å². The van der Waals surface area contributed by atoms with Gasteiger partial charge in [0, 0.05) is 31.0 Å². The first-order valence-corrected chi connectivity index (χ1v) is 8.12. The van der Waals surface area contributed by atoms with Gasteiger partial charge in [0.15, 0.2) is 10.3 Å². The molecule has 1 aliphatic rings. The van der Waals surface area contributed by atoms with Crippen LogP contribution in [-0.2, 0) is 0 Å². The molecule has 1 N–H and O–H groups in total. The first kappa shape index (κ1) is 16.7. The number of halogens is 1. The molecule has 2 rings (SSSR count). The van der Waals surface area contributed by atoms with Crippen molar-refractivity contribution in [3.05, 3.63) is 46.0 Å². The second kappa shape index (κ2) is 7.57. The number of amidine groups is 1. The smallest absolute Gasteiger partial charge is 0.271 e. The Morgan fingerprint density at radius 2 is 2.45 bits per heavy atom. The third kappa shape index (κ3) is 3.96. The predicted octanol–water partition coefficient (Wildman–Crippen LogP) is 3.22. The van der Waals surface area contributed by atoms with Crippen LogP contribution in [0.1, 0.15) is 0 Å². The van der Waals surface area contributed by atoms with Gasteiger partial charge in [-0.1, -0.05) is 29.4 Å². The number of nitro groups is 1. The fourth-order valence-electron chi connectivity index (χ4n) is 1.83. The zero-order valence-electron chi connectivity index (χ0n) is 11.5. The lowest BCUT2D eigenvalue weighted by Crippen LogP contribution is -2.27. The van der Waals surface area contributed by atoms with Gasteiger partial charge in [-0.2, -0.15) is 4.99 Å². The molecule has 1 saturated heterocycles. The summed E-state index contributed by atoms with van der Waals surface area (Å²) in [5.41, 5.74) is 0.643. The third-order valence-corrected chi connectivity index (χ3v) is 4.30. The van der Waals surface area contributed by atoms with Crippen LogP contribution in [0.3, 0.4) is 0 Å². The molecular weight excluding hydrogens is 344 g/mol. The molecule has 0 aliphatic carbocycles. The first-order chi connectivity index (χ1) is 10.5. The van der Waals surface area contributed by atoms with Crippen LogP contribution >= 0.6 is 35.6 Å². The zero-order valence-corrected chi connectivity index (χ0v) is 13.9. The Balaban J connectivity index is 2.23. The molecular formula is C13H13ClN4O2S2. The molecule has 0 spiro atoms. The lowest BCUT2D eigenvalue weighted by Gasteiger charge is -2.19. The second-order valence-electron chi connectivity index (χ2n) is 4.26. The van der Waals surface area contributed by atoms with Gasteiger partial charge in [0.25, 0.3) is 5.69 Å². The van der Waals surface area contributed by atoms with E-state index in [4.69, 9.17) is 23.8 Å². The Hall–Kier alpha value is -1.64. The highest BCUT2D eigenvalue weighted by Crippen LogP contribution is 2.34. The Labute approximate surface area is 142 Å². The largest absolute Gasteiger partial charge is 0.357 e. The predicted molar refractivity (Wildman–Crippen MR) is 96.1 cm³/mol. The van der Waals surface area contributed by atoms with Crippen LogP contribution in [0.2, 0.25) is 5.02 Å². The SMILES string of the molecule is C=CCNC(=S)N=C1SCCN1c1ccc([N+](=O)[O-])cc1Cl. The highest BCUT2D eigenvalue weighted by Gasteiger charge is 2.24. The summed E-state index contributed by atoms with van der Waals surface area (Å²) in [4.78, 5) is 16.6. The van der Waals surface area contributed by atoms with Crippen molar-refractivity contribution in [3.63, 3.8) is 0 Å². The monoisotopic (exact) mass is 356 g/mol. The maximum atomic E-state index is 10.8. The van der Waals surface area contributed by atoms with E-state index in [1.165, 1.54) is 12.1 Å². The van der Waals surface area contributed by atoms with E-state index in [1.54, 1.807) is 23.9 Å². The topological polar surface area (TPSA) is 70.8 Å². The minimum Gasteiger partial charge on any atom is -0.357 e. The Morgan fingerprint density at radius 3 is 3.09 bits per heavy atom. The van der Waals surface area contributed by atoms with E-state index in [1.807, 2.05) is 4.90 Å². The Kier molecular flexibility index (Phi) is 5.76. The summed E-state index contributed by atoms with van der Waals surface area (Å²) in [6.07, 6.45) is 1.69. The molecule has 1 aliphatic heterocycles. The van der Waals surface area contributed by atoms with E-state index in [0.717, 1.165) is 10.9 Å². The maximum absolute atomic E-state index is 10.8. The molecule has 1 aromatic carbocycles. The van der Waals surface area contributed by atoms with Crippen LogP contribution in [0.25, 0.3) is 0 Å². The molecule has 0 atom stereocenters. The molecule has 22 heavy (non-hydrogen) atoms. The number of thiocarbonyl (C=S) groups is 1. The van der Waals surface area contributed by atoms with Crippen molar-refractivity contribution in [3.8, 4) is 0 Å². The number of nitrogens with one attached hydrogen (secondary N) is 1. The van der Waals surface area contributed by atoms with E-state index in [9.17, 15) is 10.1 Å². The lowest BCUT2D eigenvalue weighted by molar-refractivity contribution is -0.384. The van der Waals surface area contributed by atoms with Gasteiger partial charge in [0.2, 0.25) is 0 Å². The number of hydrogen-bond acceptors (Lipinski definition) is 4. The fraction of sp³-hybridized carbons (Fsp3) is 0.231. The first-order valence-electron chi connectivity index (χ1n) is 6.34. The summed E-state index contributed by atoms with van der Waals surface area (Å²) in [5.74, 6) is 0.843. The molecule has 1 fully saturated rings. The number of anilines is 1. The molecule has 6 nitrogen and oxygen atoms in total. The van der Waals surface area contributed by atoms with Crippen LogP contribution in [0.5, 0.6) is 0 Å². The van der Waals surface area contributed by atoms with Crippen LogP contribution in [0.4, 0.5) is 11.4 Å². The van der Waals surface area contributed by atoms with Gasteiger partial charge in [0.1, 0.15) is 0 Å². The van der Waals surface area contributed by atoms with E-state index >= 15 is 0 Å². The molecule has 0 radical (unpaired) electrons. The number of aliphatic imine (C=N–C) groups is 1. The van der Waals surface area contributed by atoms with Gasteiger partial charge < -0.3 is 10.2 Å². The van der Waals surface area contributed by atoms with Crippen molar-refractivity contribution in [1.82, 2.24) is 5.32 Å². The Morgan fingerprint density at radius 1 is 1.68 bits per heavy atom. The number of non-ortho nitro benzene ring substituents is 1. The number of nitrogens with zero attached hydrogens (tertiary/aromatic N) is 3. The average Bonchev–Trinajstić information content (AvgIpc) is 2.92. The van der Waals surface area contributed by atoms with Crippen LogP contribution < -0.4 is 10.2 Å². The highest BCUT2D eigenvalue weighted by atomic mass is 35.5. The average molecular weight is 357 g/mol. The van der Waals surface area contributed by atoms with Crippen molar-refractivity contribution in [2.24, 2.45) is 4.99 Å². The summed E-state index contributed by atoms with van der Waals surface area (Å²) >= 11 is 12.9. The molecule has 0 unspecified atom stereocenters. The summed E-state index contributed by atoms with van der Waals surface area (Å²) in [6.45, 7) is 4.86. The number of hydrogen-bond donors (Lipinski definition) is 1. The fourth-order valence-corrected chi connectivity index (χ4v) is 3.29. The third-order valence-electron chi connectivity index (χ3n) is 2.80. The molecule has 0 aromatic heterocycles. The zero-order chi connectivity index (χ0) is 16.1. The number of benzene rings is 1. The molecule has 116 valence electrons. The van der Waals surface area contributed by atoms with Gasteiger partial charge in [0.05, 0.1) is 15.6 Å². The summed E-state index contributed by atoms with van der Waals surface area (Å²) in [6, 6.07) is 4.39. The van der Waals surface area contributed by atoms with Crippen LogP contribution in [-0.4, -0.2) is 34.0 Å². The molecule has 0 amide bonds. The van der Waals surface area contributed by atoms with E-state index < -0.39 is 4.92 Å². The van der Waals surface area contributed by atoms with Crippen molar-refractivity contribution in [1.29, 1.82) is 0 Å². The van der Waals surface area contributed by atoms with Crippen molar-refractivity contribution >= 4 is 57.2 Å². The maximum Gasteiger partial charge on any atom is 0.271 e. The minimum absolute atomic E-state index is 0.0396. The van der Waals surface area contributed by atoms with Gasteiger partial charge >= 0.3 is 0 Å². The normalized spacial score (nSPS) is 15.9. The van der Waals surface area contributed by atoms with E-state index in [-0.39, 0.29) is 5.69 Å². The summed E-state index contributed by atoms with van der Waals surface area (Å²) < 4.78 is 0. The second-order valence-corrected chi connectivity index (χ2v) is 6.12. The number of nitro benzene ring substituents is 1. The molecule has 0 bridgehead atoms. The molecule has 0 saturated carbocycles. The van der Waals surface area contributed by atoms with Gasteiger partial charge in [-0.3, -0.25) is 10.1 Å². The molecule has 1 heterocycles. The number of rotatable bonds is 4. The summed E-state index contributed by atoms with van der Waals surface area (Å²) in [5, 5.41) is 15.1. The van der Waals surface area contributed by atoms with E-state index in [2.05, 4.69) is 16.9 Å². The highest BCUT2D eigenvalue weighted by molar-refractivity contribution is 8.14. The van der Waals surface area contributed by atoms with Crippen molar-refractivity contribution in [2.45, 2.75) is 0 Å². The van der Waals surface area contributed by atoms with Crippen molar-refractivity contribution < 1.29 is 4.92 Å². The summed E-state index contributed by atoms with van der Waals surface area (Å²) in [7, 11) is 0. The standard InChI is InChI=1S/C13H13ClN4O2S2/c1-2-5-15-12(21)16-13-17(6-7-22-13)11-4-3-9(18(19)20)8-10(11)14/h2-4,8H,1,5-7H2,(H,15,21). The Bertz CT molecular complexity index is 651. The van der Waals surface area contributed by atoms with Gasteiger partial charge in [-0.25, -0.2) is 0 Å². The molecule has 1 aromatic rings. The molecule has 9 heteroatoms. The van der Waals surface area contributed by atoms with E-state index in [0.29, 0.717) is 28.9 Å². The van der Waals surface area contributed by atoms with Crippen LogP contribution in [0.15, 0.2) is 35.8 Å². The lowest BCUT2D eigenvalue weighted by atomic mass is 10.2. The van der Waals surface area contributed by atoms with Crippen LogP contribution in [0, 0.1) is 10.1 Å². The van der Waals surface area contributed by atoms with Crippen molar-refractivity contribution in [2.75, 3.05) is 23.7 Å².